The Hall–Kier alpha value is -1.88. The fourth-order valence-electron chi connectivity index (χ4n) is 1.30. The van der Waals surface area contributed by atoms with Crippen molar-refractivity contribution in [3.8, 4) is 5.75 Å². The molecule has 0 radical (unpaired) electrons. The van der Waals surface area contributed by atoms with Crippen LogP contribution in [0, 0.1) is 0 Å². The zero-order chi connectivity index (χ0) is 12.1. The summed E-state index contributed by atoms with van der Waals surface area (Å²) in [4.78, 5) is 11.6. The number of ether oxygens (including phenoxy) is 1. The number of rotatable bonds is 4. The Morgan fingerprint density at radius 3 is 2.59 bits per heavy atom. The van der Waals surface area contributed by atoms with Gasteiger partial charge in [-0.25, -0.2) is 4.98 Å². The van der Waals surface area contributed by atoms with Gasteiger partial charge >= 0.3 is 0 Å². The Kier molecular flexibility index (Phi) is 3.72. The van der Waals surface area contributed by atoms with E-state index in [0.29, 0.717) is 18.9 Å². The number of nitrogen functional groups attached to an aromatic ring is 1. The van der Waals surface area contributed by atoms with Gasteiger partial charge in [-0.3, -0.25) is 0 Å². The Bertz CT molecular complexity index is 472. The number of halogens is 1. The van der Waals surface area contributed by atoms with Gasteiger partial charge in [0.05, 0.1) is 6.61 Å². The third-order valence-electron chi connectivity index (χ3n) is 2.01. The molecule has 1 heterocycles. The van der Waals surface area contributed by atoms with Crippen LogP contribution in [-0.4, -0.2) is 21.6 Å². The summed E-state index contributed by atoms with van der Waals surface area (Å²) in [5.74, 6) is 1.46. The van der Waals surface area contributed by atoms with Crippen molar-refractivity contribution in [2.24, 2.45) is 0 Å². The minimum atomic E-state index is 0.104. The lowest BCUT2D eigenvalue weighted by atomic mass is 10.3. The summed E-state index contributed by atoms with van der Waals surface area (Å²) in [6.07, 6.45) is 0.529. The quantitative estimate of drug-likeness (QED) is 0.895. The summed E-state index contributed by atoms with van der Waals surface area (Å²) in [7, 11) is 0. The molecule has 2 N–H and O–H groups in total. The maximum absolute atomic E-state index is 5.66. The topological polar surface area (TPSA) is 73.9 Å². The average Bonchev–Trinajstić information content (AvgIpc) is 2.29. The van der Waals surface area contributed by atoms with E-state index in [2.05, 4.69) is 15.0 Å². The fraction of sp³-hybridized carbons (Fsp3) is 0.182. The van der Waals surface area contributed by atoms with Gasteiger partial charge in [-0.1, -0.05) is 18.2 Å². The van der Waals surface area contributed by atoms with Gasteiger partial charge < -0.3 is 10.5 Å². The largest absolute Gasteiger partial charge is 0.493 e. The van der Waals surface area contributed by atoms with Gasteiger partial charge in [-0.05, 0) is 23.7 Å². The predicted octanol–water partition coefficient (Wildman–Crippen LogP) is 1.73. The maximum Gasteiger partial charge on any atom is 0.227 e. The molecule has 0 aliphatic heterocycles. The first-order chi connectivity index (χ1) is 8.24. The number of para-hydroxylation sites is 1. The highest BCUT2D eigenvalue weighted by molar-refractivity contribution is 6.28. The molecule has 0 unspecified atom stereocenters. The van der Waals surface area contributed by atoms with Crippen molar-refractivity contribution >= 4 is 17.5 Å². The van der Waals surface area contributed by atoms with Gasteiger partial charge in [0.15, 0.2) is 0 Å². The van der Waals surface area contributed by atoms with Crippen LogP contribution in [0.1, 0.15) is 5.82 Å². The molecule has 88 valence electrons. The first-order valence-electron chi connectivity index (χ1n) is 5.08. The maximum atomic E-state index is 5.66. The monoisotopic (exact) mass is 250 g/mol. The molecule has 2 aromatic rings. The van der Waals surface area contributed by atoms with Crippen LogP contribution in [0.15, 0.2) is 30.3 Å². The molecule has 0 aliphatic rings. The smallest absolute Gasteiger partial charge is 0.227 e. The SMILES string of the molecule is Nc1nc(Cl)nc(CCOc2ccccc2)n1. The van der Waals surface area contributed by atoms with Crippen molar-refractivity contribution in [1.82, 2.24) is 15.0 Å². The molecule has 0 fully saturated rings. The van der Waals surface area contributed by atoms with Crippen molar-refractivity contribution in [1.29, 1.82) is 0 Å². The summed E-state index contributed by atoms with van der Waals surface area (Å²) >= 11 is 5.66. The molecule has 1 aromatic carbocycles. The molecule has 5 nitrogen and oxygen atoms in total. The molecule has 1 aromatic heterocycles. The van der Waals surface area contributed by atoms with Gasteiger partial charge in [0.25, 0.3) is 0 Å². The molecular weight excluding hydrogens is 240 g/mol. The van der Waals surface area contributed by atoms with Crippen LogP contribution in [-0.2, 0) is 6.42 Å². The predicted molar refractivity (Wildman–Crippen MR) is 64.9 cm³/mol. The second-order valence-electron chi connectivity index (χ2n) is 3.29. The van der Waals surface area contributed by atoms with E-state index in [1.165, 1.54) is 0 Å². The summed E-state index contributed by atoms with van der Waals surface area (Å²) < 4.78 is 5.51. The molecule has 0 aliphatic carbocycles. The summed E-state index contributed by atoms with van der Waals surface area (Å²) in [5.41, 5.74) is 5.45. The van der Waals surface area contributed by atoms with Gasteiger partial charge in [-0.15, -0.1) is 0 Å². The van der Waals surface area contributed by atoms with Crippen molar-refractivity contribution in [2.45, 2.75) is 6.42 Å². The number of benzene rings is 1. The molecule has 6 heteroatoms. The van der Waals surface area contributed by atoms with Crippen LogP contribution < -0.4 is 10.5 Å². The van der Waals surface area contributed by atoms with Crippen LogP contribution in [0.5, 0.6) is 5.75 Å². The van der Waals surface area contributed by atoms with Crippen LogP contribution in [0.3, 0.4) is 0 Å². The van der Waals surface area contributed by atoms with E-state index in [4.69, 9.17) is 22.1 Å². The summed E-state index contributed by atoms with van der Waals surface area (Å²) in [6, 6.07) is 9.52. The van der Waals surface area contributed by atoms with Gasteiger partial charge in [0, 0.05) is 6.42 Å². The van der Waals surface area contributed by atoms with Crippen LogP contribution in [0.2, 0.25) is 5.28 Å². The van der Waals surface area contributed by atoms with E-state index in [1.54, 1.807) is 0 Å². The second kappa shape index (κ2) is 5.45. The van der Waals surface area contributed by atoms with Crippen LogP contribution in [0.4, 0.5) is 5.95 Å². The van der Waals surface area contributed by atoms with Crippen LogP contribution in [0.25, 0.3) is 0 Å². The third kappa shape index (κ3) is 3.57. The standard InChI is InChI=1S/C11H11ClN4O/c12-10-14-9(15-11(13)16-10)6-7-17-8-4-2-1-3-5-8/h1-5H,6-7H2,(H2,13,14,15,16). The molecule has 0 saturated carbocycles. The fourth-order valence-corrected chi connectivity index (χ4v) is 1.48. The van der Waals surface area contributed by atoms with Crippen molar-refractivity contribution in [3.63, 3.8) is 0 Å². The van der Waals surface area contributed by atoms with E-state index in [0.717, 1.165) is 5.75 Å². The zero-order valence-corrected chi connectivity index (χ0v) is 9.76. The summed E-state index contributed by atoms with van der Waals surface area (Å²) in [5, 5.41) is 0.104. The first-order valence-corrected chi connectivity index (χ1v) is 5.45. The van der Waals surface area contributed by atoms with Crippen molar-refractivity contribution in [3.05, 3.63) is 41.4 Å². The molecular formula is C11H11ClN4O. The lowest BCUT2D eigenvalue weighted by molar-refractivity contribution is 0.319. The number of anilines is 1. The first kappa shape index (κ1) is 11.6. The Morgan fingerprint density at radius 1 is 1.12 bits per heavy atom. The van der Waals surface area contributed by atoms with E-state index in [-0.39, 0.29) is 11.2 Å². The highest BCUT2D eigenvalue weighted by atomic mass is 35.5. The average molecular weight is 251 g/mol. The third-order valence-corrected chi connectivity index (χ3v) is 2.18. The minimum absolute atomic E-state index is 0.104. The molecule has 0 bridgehead atoms. The van der Waals surface area contributed by atoms with Crippen molar-refractivity contribution < 1.29 is 4.74 Å². The zero-order valence-electron chi connectivity index (χ0n) is 9.01. The molecule has 0 atom stereocenters. The van der Waals surface area contributed by atoms with Gasteiger partial charge in [0.2, 0.25) is 11.2 Å². The van der Waals surface area contributed by atoms with Gasteiger partial charge in [-0.2, -0.15) is 9.97 Å². The van der Waals surface area contributed by atoms with E-state index in [9.17, 15) is 0 Å². The highest BCUT2D eigenvalue weighted by Gasteiger charge is 2.02. The van der Waals surface area contributed by atoms with Crippen LogP contribution >= 0.6 is 11.6 Å². The van der Waals surface area contributed by atoms with Crippen molar-refractivity contribution in [2.75, 3.05) is 12.3 Å². The Labute approximate surface area is 104 Å². The molecule has 0 amide bonds. The van der Waals surface area contributed by atoms with E-state index < -0.39 is 0 Å². The Morgan fingerprint density at radius 2 is 1.88 bits per heavy atom. The summed E-state index contributed by atoms with van der Waals surface area (Å²) in [6.45, 7) is 0.462. The number of hydrogen-bond donors (Lipinski definition) is 1. The Balaban J connectivity index is 1.90. The van der Waals surface area contributed by atoms with Gasteiger partial charge in [0.1, 0.15) is 11.6 Å². The lowest BCUT2D eigenvalue weighted by Gasteiger charge is -2.05. The minimum Gasteiger partial charge on any atom is -0.493 e. The second-order valence-corrected chi connectivity index (χ2v) is 3.63. The molecule has 0 saturated heterocycles. The normalized spacial score (nSPS) is 10.2. The lowest BCUT2D eigenvalue weighted by Crippen LogP contribution is -2.08. The number of nitrogens with zero attached hydrogens (tertiary/aromatic N) is 3. The number of hydrogen-bond acceptors (Lipinski definition) is 5. The molecule has 2 rings (SSSR count). The highest BCUT2D eigenvalue weighted by Crippen LogP contribution is 2.09. The number of aromatic nitrogens is 3. The molecule has 17 heavy (non-hydrogen) atoms. The number of nitrogens with two attached hydrogens (primary N) is 1. The molecule has 0 spiro atoms. The van der Waals surface area contributed by atoms with E-state index in [1.807, 2.05) is 30.3 Å². The van der Waals surface area contributed by atoms with E-state index >= 15 is 0 Å².